The molecule has 27 heavy (non-hydrogen) atoms. The number of nitrogens with one attached hydrogen (secondary N) is 1. The van der Waals surface area contributed by atoms with Gasteiger partial charge < -0.3 is 10.1 Å². The highest BCUT2D eigenvalue weighted by molar-refractivity contribution is 7.18. The average Bonchev–Trinajstić information content (AvgIpc) is 3.06. The van der Waals surface area contributed by atoms with E-state index in [0.29, 0.717) is 20.5 Å². The molecule has 0 radical (unpaired) electrons. The molecule has 1 heterocycles. The number of esters is 1. The number of nitrogens with zero attached hydrogens (tertiary/aromatic N) is 1. The third-order valence-corrected chi connectivity index (χ3v) is 4.74. The van der Waals surface area contributed by atoms with Gasteiger partial charge in [0.05, 0.1) is 20.6 Å². The minimum absolute atomic E-state index is 0.0429. The lowest BCUT2D eigenvalue weighted by Crippen LogP contribution is -2.21. The first kappa shape index (κ1) is 20.5. The number of ketones is 1. The van der Waals surface area contributed by atoms with Gasteiger partial charge >= 0.3 is 5.97 Å². The van der Waals surface area contributed by atoms with Crippen molar-refractivity contribution >= 4 is 52.0 Å². The van der Waals surface area contributed by atoms with E-state index < -0.39 is 23.4 Å². The SMILES string of the molecule is Cc1cc([N+](=O)[O-])ccc1NC(=O)COC(=O)CCC(=O)c1ccc(Cl)s1. The molecule has 2 aromatic rings. The Morgan fingerprint density at radius 3 is 2.56 bits per heavy atom. The maximum Gasteiger partial charge on any atom is 0.306 e. The zero-order valence-electron chi connectivity index (χ0n) is 14.2. The Labute approximate surface area is 163 Å². The van der Waals surface area contributed by atoms with Crippen LogP contribution in [0.5, 0.6) is 0 Å². The van der Waals surface area contributed by atoms with Crippen molar-refractivity contribution in [3.05, 3.63) is 55.2 Å². The van der Waals surface area contributed by atoms with E-state index >= 15 is 0 Å². The monoisotopic (exact) mass is 410 g/mol. The Morgan fingerprint density at radius 1 is 1.22 bits per heavy atom. The van der Waals surface area contributed by atoms with E-state index in [1.807, 2.05) is 0 Å². The first-order chi connectivity index (χ1) is 12.8. The molecule has 0 unspecified atom stereocenters. The van der Waals surface area contributed by atoms with Gasteiger partial charge in [-0.05, 0) is 30.7 Å². The summed E-state index contributed by atoms with van der Waals surface area (Å²) >= 11 is 6.88. The Morgan fingerprint density at radius 2 is 1.96 bits per heavy atom. The van der Waals surface area contributed by atoms with Gasteiger partial charge in [0.1, 0.15) is 0 Å². The quantitative estimate of drug-likeness (QED) is 0.306. The summed E-state index contributed by atoms with van der Waals surface area (Å²) in [5.74, 6) is -1.49. The maximum absolute atomic E-state index is 11.9. The number of nitro groups is 1. The number of non-ortho nitro benzene ring substituents is 1. The van der Waals surface area contributed by atoms with E-state index in [1.54, 1.807) is 19.1 Å². The summed E-state index contributed by atoms with van der Waals surface area (Å²) in [5, 5.41) is 13.2. The number of hydrogen-bond acceptors (Lipinski definition) is 7. The smallest absolute Gasteiger partial charge is 0.306 e. The summed E-state index contributed by atoms with van der Waals surface area (Å²) in [6, 6.07) is 7.17. The van der Waals surface area contributed by atoms with Gasteiger partial charge in [-0.25, -0.2) is 0 Å². The van der Waals surface area contributed by atoms with Crippen molar-refractivity contribution in [2.45, 2.75) is 19.8 Å². The lowest BCUT2D eigenvalue weighted by molar-refractivity contribution is -0.384. The summed E-state index contributed by atoms with van der Waals surface area (Å²) in [6.07, 6.45) is -0.197. The van der Waals surface area contributed by atoms with Crippen molar-refractivity contribution in [3.8, 4) is 0 Å². The van der Waals surface area contributed by atoms with Gasteiger partial charge in [0.15, 0.2) is 12.4 Å². The van der Waals surface area contributed by atoms with Crippen LogP contribution in [0, 0.1) is 17.0 Å². The number of thiophene rings is 1. The van der Waals surface area contributed by atoms with Gasteiger partial charge in [-0.1, -0.05) is 11.6 Å². The van der Waals surface area contributed by atoms with Crippen molar-refractivity contribution in [2.24, 2.45) is 0 Å². The minimum Gasteiger partial charge on any atom is -0.456 e. The second-order valence-electron chi connectivity index (χ2n) is 5.49. The van der Waals surface area contributed by atoms with Gasteiger partial charge in [0.25, 0.3) is 11.6 Å². The Balaban J connectivity index is 1.77. The summed E-state index contributed by atoms with van der Waals surface area (Å²) < 4.78 is 5.32. The van der Waals surface area contributed by atoms with Crippen molar-refractivity contribution in [1.82, 2.24) is 0 Å². The van der Waals surface area contributed by atoms with Gasteiger partial charge in [0, 0.05) is 24.2 Å². The molecule has 1 aromatic heterocycles. The number of amides is 1. The zero-order chi connectivity index (χ0) is 20.0. The fraction of sp³-hybridized carbons (Fsp3) is 0.235. The van der Waals surface area contributed by atoms with Crippen molar-refractivity contribution in [2.75, 3.05) is 11.9 Å². The molecule has 0 saturated heterocycles. The first-order valence-electron chi connectivity index (χ1n) is 7.75. The number of anilines is 1. The number of nitro benzene ring substituents is 1. The van der Waals surface area contributed by atoms with Crippen LogP contribution in [-0.2, 0) is 14.3 Å². The number of hydrogen-bond donors (Lipinski definition) is 1. The molecule has 10 heteroatoms. The molecule has 0 fully saturated rings. The second kappa shape index (κ2) is 9.24. The number of carbonyl (C=O) groups excluding carboxylic acids is 3. The van der Waals surface area contributed by atoms with Crippen molar-refractivity contribution < 1.29 is 24.0 Å². The predicted octanol–water partition coefficient (Wildman–Crippen LogP) is 3.76. The number of benzene rings is 1. The molecule has 0 saturated carbocycles. The van der Waals surface area contributed by atoms with Crippen LogP contribution in [0.15, 0.2) is 30.3 Å². The van der Waals surface area contributed by atoms with Crippen molar-refractivity contribution in [3.63, 3.8) is 0 Å². The molecule has 2 rings (SSSR count). The molecule has 8 nitrogen and oxygen atoms in total. The molecule has 1 aromatic carbocycles. The van der Waals surface area contributed by atoms with Gasteiger partial charge in [-0.15, -0.1) is 11.3 Å². The van der Waals surface area contributed by atoms with Crippen LogP contribution in [-0.4, -0.2) is 29.2 Å². The molecule has 0 atom stereocenters. The molecular formula is C17H15ClN2O6S. The standard InChI is InChI=1S/C17H15ClN2O6S/c1-10-8-11(20(24)25)2-3-12(10)19-16(22)9-26-17(23)7-4-13(21)14-5-6-15(18)27-14/h2-3,5-6,8H,4,7,9H2,1H3,(H,19,22). The van der Waals surface area contributed by atoms with Crippen molar-refractivity contribution in [1.29, 1.82) is 0 Å². The van der Waals surface area contributed by atoms with E-state index in [1.165, 1.54) is 18.2 Å². The summed E-state index contributed by atoms with van der Waals surface area (Å²) in [7, 11) is 0. The molecule has 142 valence electrons. The average molecular weight is 411 g/mol. The molecule has 0 aliphatic rings. The number of aryl methyl sites for hydroxylation is 1. The summed E-state index contributed by atoms with van der Waals surface area (Å²) in [5.41, 5.74) is 0.795. The van der Waals surface area contributed by atoms with Crippen LogP contribution in [0.3, 0.4) is 0 Å². The van der Waals surface area contributed by atoms with Gasteiger partial charge in [-0.3, -0.25) is 24.5 Å². The Hall–Kier alpha value is -2.78. The summed E-state index contributed by atoms with van der Waals surface area (Å²) in [6.45, 7) is 1.09. The molecule has 0 aliphatic carbocycles. The summed E-state index contributed by atoms with van der Waals surface area (Å²) in [4.78, 5) is 46.0. The van der Waals surface area contributed by atoms with Crippen LogP contribution >= 0.6 is 22.9 Å². The van der Waals surface area contributed by atoms with Gasteiger partial charge in [0.2, 0.25) is 0 Å². The topological polar surface area (TPSA) is 116 Å². The molecule has 0 aliphatic heterocycles. The number of halogens is 1. The highest BCUT2D eigenvalue weighted by Gasteiger charge is 2.14. The van der Waals surface area contributed by atoms with Crippen LogP contribution < -0.4 is 5.32 Å². The number of carbonyl (C=O) groups is 3. The maximum atomic E-state index is 11.9. The Bertz CT molecular complexity index is 895. The van der Waals surface area contributed by atoms with E-state index in [9.17, 15) is 24.5 Å². The fourth-order valence-corrected chi connectivity index (χ4v) is 3.12. The van der Waals surface area contributed by atoms with E-state index in [0.717, 1.165) is 11.3 Å². The third kappa shape index (κ3) is 6.15. The van der Waals surface area contributed by atoms with E-state index in [4.69, 9.17) is 16.3 Å². The van der Waals surface area contributed by atoms with Crippen LogP contribution in [0.25, 0.3) is 0 Å². The third-order valence-electron chi connectivity index (χ3n) is 3.46. The molecule has 1 N–H and O–H groups in total. The highest BCUT2D eigenvalue weighted by atomic mass is 35.5. The Kier molecular flexibility index (Phi) is 7.03. The fourth-order valence-electron chi connectivity index (χ4n) is 2.11. The van der Waals surface area contributed by atoms with Crippen LogP contribution in [0.2, 0.25) is 4.34 Å². The predicted molar refractivity (Wildman–Crippen MR) is 100 cm³/mol. The highest BCUT2D eigenvalue weighted by Crippen LogP contribution is 2.23. The molecule has 0 spiro atoms. The largest absolute Gasteiger partial charge is 0.456 e. The van der Waals surface area contributed by atoms with E-state index in [2.05, 4.69) is 5.32 Å². The second-order valence-corrected chi connectivity index (χ2v) is 7.21. The van der Waals surface area contributed by atoms with Crippen LogP contribution in [0.4, 0.5) is 11.4 Å². The number of Topliss-reactive ketones (excluding diaryl/α,β-unsaturated/α-hetero) is 1. The lowest BCUT2D eigenvalue weighted by Gasteiger charge is -2.08. The van der Waals surface area contributed by atoms with Crippen LogP contribution in [0.1, 0.15) is 28.1 Å². The zero-order valence-corrected chi connectivity index (χ0v) is 15.8. The first-order valence-corrected chi connectivity index (χ1v) is 8.94. The normalized spacial score (nSPS) is 10.3. The van der Waals surface area contributed by atoms with E-state index in [-0.39, 0.29) is 24.3 Å². The molecular weight excluding hydrogens is 396 g/mol. The minimum atomic E-state index is -0.679. The molecule has 1 amide bonds. The number of ether oxygens (including phenoxy) is 1. The number of rotatable bonds is 8. The lowest BCUT2D eigenvalue weighted by atomic mass is 10.2. The molecule has 0 bridgehead atoms. The van der Waals surface area contributed by atoms with Gasteiger partial charge in [-0.2, -0.15) is 0 Å².